The first kappa shape index (κ1) is 22.4. The highest BCUT2D eigenvalue weighted by Crippen LogP contribution is 2.38. The van der Waals surface area contributed by atoms with Gasteiger partial charge in [0.2, 0.25) is 0 Å². The number of benzene rings is 1. The van der Waals surface area contributed by atoms with E-state index in [-0.39, 0.29) is 23.4 Å². The third-order valence-electron chi connectivity index (χ3n) is 4.47. The summed E-state index contributed by atoms with van der Waals surface area (Å²) in [5, 5.41) is 6.81. The molecule has 0 aliphatic heterocycles. The molecule has 5 nitrogen and oxygen atoms in total. The quantitative estimate of drug-likeness (QED) is 0.330. The van der Waals surface area contributed by atoms with Crippen molar-refractivity contribution in [2.24, 2.45) is 0 Å². The zero-order valence-electron chi connectivity index (χ0n) is 16.2. The van der Waals surface area contributed by atoms with Crippen LogP contribution in [-0.4, -0.2) is 24.1 Å². The van der Waals surface area contributed by atoms with Crippen LogP contribution in [-0.2, 0) is 17.6 Å². The van der Waals surface area contributed by atoms with Crippen molar-refractivity contribution in [2.45, 2.75) is 45.4 Å². The lowest BCUT2D eigenvalue weighted by molar-refractivity contribution is -0.274. The van der Waals surface area contributed by atoms with Crippen molar-refractivity contribution in [1.82, 2.24) is 0 Å². The fourth-order valence-corrected chi connectivity index (χ4v) is 4.82. The van der Waals surface area contributed by atoms with Gasteiger partial charge in [0.1, 0.15) is 10.8 Å². The van der Waals surface area contributed by atoms with E-state index in [4.69, 9.17) is 17.0 Å². The van der Waals surface area contributed by atoms with Crippen LogP contribution in [0.25, 0.3) is 0 Å². The van der Waals surface area contributed by atoms with Gasteiger partial charge in [0.15, 0.2) is 5.11 Å². The molecule has 0 saturated heterocycles. The van der Waals surface area contributed by atoms with Gasteiger partial charge in [-0.05, 0) is 74.7 Å². The number of rotatable bonds is 5. The van der Waals surface area contributed by atoms with Crippen LogP contribution in [0.4, 0.5) is 23.9 Å². The Bertz CT molecular complexity index is 911. The van der Waals surface area contributed by atoms with Crippen LogP contribution < -0.4 is 15.4 Å². The average Bonchev–Trinajstić information content (AvgIpc) is 2.83. The minimum Gasteiger partial charge on any atom is -0.462 e. The van der Waals surface area contributed by atoms with E-state index in [9.17, 15) is 18.0 Å². The van der Waals surface area contributed by atoms with E-state index >= 15 is 0 Å². The molecule has 0 spiro atoms. The van der Waals surface area contributed by atoms with E-state index in [1.54, 1.807) is 6.92 Å². The molecule has 1 aliphatic rings. The van der Waals surface area contributed by atoms with Crippen molar-refractivity contribution in [3.63, 3.8) is 0 Å². The van der Waals surface area contributed by atoms with E-state index in [1.165, 1.54) is 35.6 Å². The van der Waals surface area contributed by atoms with E-state index < -0.39 is 6.36 Å². The highest BCUT2D eigenvalue weighted by molar-refractivity contribution is 7.80. The molecule has 0 unspecified atom stereocenters. The number of ether oxygens (including phenoxy) is 2. The van der Waals surface area contributed by atoms with Gasteiger partial charge in [-0.3, -0.25) is 0 Å². The number of aryl methyl sites for hydroxylation is 1. The van der Waals surface area contributed by atoms with Gasteiger partial charge in [0.25, 0.3) is 0 Å². The molecule has 1 heterocycles. The average molecular weight is 459 g/mol. The number of thiophene rings is 1. The molecule has 30 heavy (non-hydrogen) atoms. The number of halogens is 3. The van der Waals surface area contributed by atoms with Gasteiger partial charge in [-0.1, -0.05) is 6.42 Å². The number of alkyl halides is 3. The highest BCUT2D eigenvalue weighted by Gasteiger charge is 2.31. The van der Waals surface area contributed by atoms with Crippen LogP contribution in [0.5, 0.6) is 5.75 Å². The number of esters is 1. The first-order valence-corrected chi connectivity index (χ1v) is 10.7. The number of carbonyl (C=O) groups excluding carboxylic acids is 1. The first-order chi connectivity index (χ1) is 14.3. The first-order valence-electron chi connectivity index (χ1n) is 9.52. The van der Waals surface area contributed by atoms with Crippen molar-refractivity contribution in [3.05, 3.63) is 40.3 Å². The summed E-state index contributed by atoms with van der Waals surface area (Å²) in [5.41, 5.74) is 2.03. The number of thiocarbonyl (C=S) groups is 1. The number of carbonyl (C=O) groups is 1. The SMILES string of the molecule is CCOC(=O)c1c(NC(=S)Nc2ccc(OC(F)(F)F)cc2)sc2c1CCCCC2. The number of nitrogens with one attached hydrogen (secondary N) is 2. The summed E-state index contributed by atoms with van der Waals surface area (Å²) < 4.78 is 45.9. The van der Waals surface area contributed by atoms with E-state index in [1.807, 2.05) is 0 Å². The Morgan fingerprint density at radius 3 is 2.50 bits per heavy atom. The molecule has 162 valence electrons. The van der Waals surface area contributed by atoms with Gasteiger partial charge < -0.3 is 20.1 Å². The molecule has 0 atom stereocenters. The summed E-state index contributed by atoms with van der Waals surface area (Å²) >= 11 is 6.83. The van der Waals surface area contributed by atoms with Crippen LogP contribution in [0.3, 0.4) is 0 Å². The second-order valence-electron chi connectivity index (χ2n) is 6.64. The summed E-state index contributed by atoms with van der Waals surface area (Å²) in [6, 6.07) is 5.22. The Balaban J connectivity index is 1.74. The molecular weight excluding hydrogens is 437 g/mol. The van der Waals surface area contributed by atoms with Gasteiger partial charge in [0.05, 0.1) is 12.2 Å². The van der Waals surface area contributed by atoms with Crippen LogP contribution in [0.15, 0.2) is 24.3 Å². The predicted molar refractivity (Wildman–Crippen MR) is 115 cm³/mol. The standard InChI is InChI=1S/C20H21F3N2O3S2/c1-2-27-18(26)16-14-6-4-3-5-7-15(14)30-17(16)25-19(29)24-12-8-10-13(11-9-12)28-20(21,22)23/h8-11H,2-7H2,1H3,(H2,24,25,29). The minimum absolute atomic E-state index is 0.224. The lowest BCUT2D eigenvalue weighted by Gasteiger charge is -2.13. The Morgan fingerprint density at radius 2 is 1.83 bits per heavy atom. The van der Waals surface area contributed by atoms with Crippen LogP contribution in [0, 0.1) is 0 Å². The zero-order valence-corrected chi connectivity index (χ0v) is 17.9. The Morgan fingerprint density at radius 1 is 1.13 bits per heavy atom. The van der Waals surface area contributed by atoms with Crippen LogP contribution in [0.1, 0.15) is 47.0 Å². The molecule has 0 radical (unpaired) electrons. The topological polar surface area (TPSA) is 59.6 Å². The molecular formula is C20H21F3N2O3S2. The molecule has 0 bridgehead atoms. The maximum Gasteiger partial charge on any atom is 0.573 e. The number of hydrogen-bond acceptors (Lipinski definition) is 5. The molecule has 1 aromatic carbocycles. The maximum atomic E-state index is 12.6. The molecule has 0 amide bonds. The van der Waals surface area contributed by atoms with Crippen molar-refractivity contribution < 1.29 is 27.4 Å². The molecule has 1 aromatic heterocycles. The second kappa shape index (κ2) is 9.65. The third-order valence-corrected chi connectivity index (χ3v) is 5.89. The fraction of sp³-hybridized carbons (Fsp3) is 0.400. The van der Waals surface area contributed by atoms with Crippen molar-refractivity contribution in [1.29, 1.82) is 0 Å². The lowest BCUT2D eigenvalue weighted by atomic mass is 10.1. The van der Waals surface area contributed by atoms with Crippen LogP contribution >= 0.6 is 23.6 Å². The Hall–Kier alpha value is -2.33. The smallest absolute Gasteiger partial charge is 0.462 e. The minimum atomic E-state index is -4.74. The summed E-state index contributed by atoms with van der Waals surface area (Å²) in [4.78, 5) is 13.7. The van der Waals surface area contributed by atoms with Gasteiger partial charge in [0, 0.05) is 10.6 Å². The largest absolute Gasteiger partial charge is 0.573 e. The summed E-state index contributed by atoms with van der Waals surface area (Å²) in [5.74, 6) is -0.700. The van der Waals surface area contributed by atoms with Gasteiger partial charge in [-0.25, -0.2) is 4.79 Å². The van der Waals surface area contributed by atoms with Gasteiger partial charge in [-0.15, -0.1) is 24.5 Å². The van der Waals surface area contributed by atoms with Crippen molar-refractivity contribution in [3.8, 4) is 5.75 Å². The summed E-state index contributed by atoms with van der Waals surface area (Å²) in [6.07, 6.45) is 0.208. The Labute approximate surface area is 181 Å². The number of anilines is 2. The van der Waals surface area contributed by atoms with Crippen molar-refractivity contribution in [2.75, 3.05) is 17.2 Å². The van der Waals surface area contributed by atoms with Crippen molar-refractivity contribution >= 4 is 45.3 Å². The third kappa shape index (κ3) is 5.85. The van der Waals surface area contributed by atoms with Gasteiger partial charge in [-0.2, -0.15) is 0 Å². The molecule has 0 saturated carbocycles. The van der Waals surface area contributed by atoms with Crippen LogP contribution in [0.2, 0.25) is 0 Å². The maximum absolute atomic E-state index is 12.6. The number of fused-ring (bicyclic) bond motifs is 1. The molecule has 10 heteroatoms. The van der Waals surface area contributed by atoms with E-state index in [0.29, 0.717) is 16.3 Å². The Kier molecular flexibility index (Phi) is 7.19. The summed E-state index contributed by atoms with van der Waals surface area (Å²) in [7, 11) is 0. The molecule has 1 aliphatic carbocycles. The predicted octanol–water partition coefficient (Wildman–Crippen LogP) is 5.90. The number of hydrogen-bond donors (Lipinski definition) is 2. The zero-order chi connectivity index (χ0) is 21.7. The molecule has 2 N–H and O–H groups in total. The van der Waals surface area contributed by atoms with Gasteiger partial charge >= 0.3 is 12.3 Å². The summed E-state index contributed by atoms with van der Waals surface area (Å²) in [6.45, 7) is 2.03. The second-order valence-corrected chi connectivity index (χ2v) is 8.15. The lowest BCUT2D eigenvalue weighted by Crippen LogP contribution is -2.20. The monoisotopic (exact) mass is 458 g/mol. The normalized spacial score (nSPS) is 13.7. The highest BCUT2D eigenvalue weighted by atomic mass is 32.1. The molecule has 0 fully saturated rings. The molecule has 2 aromatic rings. The fourth-order valence-electron chi connectivity index (χ4n) is 3.26. The molecule has 3 rings (SSSR count). The van der Waals surface area contributed by atoms with E-state index in [0.717, 1.165) is 42.5 Å². The van der Waals surface area contributed by atoms with E-state index in [2.05, 4.69) is 15.4 Å².